The number of carbonyl (C=O) groups is 1. The Morgan fingerprint density at radius 1 is 1.14 bits per heavy atom. The molecule has 42 heavy (non-hydrogen) atoms. The van der Waals surface area contributed by atoms with Crippen LogP contribution in [-0.4, -0.2) is 116 Å². The Hall–Kier alpha value is -3.40. The Labute approximate surface area is 248 Å². The van der Waals surface area contributed by atoms with Crippen LogP contribution in [-0.2, 0) is 14.6 Å². The maximum absolute atomic E-state index is 12.5. The zero-order valence-electron chi connectivity index (χ0n) is 24.8. The molecular weight excluding hydrogens is 554 g/mol. The molecular formula is C30H39N7O4S. The molecule has 11 nitrogen and oxygen atoms in total. The molecule has 3 saturated heterocycles. The van der Waals surface area contributed by atoms with Crippen molar-refractivity contribution in [1.29, 1.82) is 0 Å². The number of nitrogens with zero attached hydrogens (tertiary/aromatic N) is 6. The summed E-state index contributed by atoms with van der Waals surface area (Å²) in [6.45, 7) is 8.86. The quantitative estimate of drug-likeness (QED) is 0.527. The Morgan fingerprint density at radius 2 is 1.90 bits per heavy atom. The van der Waals surface area contributed by atoms with Gasteiger partial charge in [-0.05, 0) is 57.5 Å². The normalized spacial score (nSPS) is 23.5. The number of carbonyl (C=O) groups excluding carboxylic acids is 1. The van der Waals surface area contributed by atoms with Gasteiger partial charge >= 0.3 is 0 Å². The number of fused-ring (bicyclic) bond motifs is 2. The monoisotopic (exact) mass is 593 g/mol. The summed E-state index contributed by atoms with van der Waals surface area (Å²) < 4.78 is 30.5. The number of ether oxygens (including phenoxy) is 1. The number of hydrogen-bond acceptors (Lipinski definition) is 10. The summed E-state index contributed by atoms with van der Waals surface area (Å²) >= 11 is 0. The van der Waals surface area contributed by atoms with Gasteiger partial charge in [0.1, 0.15) is 29.8 Å². The molecule has 4 aliphatic rings. The van der Waals surface area contributed by atoms with E-state index in [9.17, 15) is 13.2 Å². The van der Waals surface area contributed by atoms with E-state index < -0.39 is 9.84 Å². The molecule has 6 rings (SSSR count). The fourth-order valence-electron chi connectivity index (χ4n) is 6.28. The number of rotatable bonds is 4. The highest BCUT2D eigenvalue weighted by atomic mass is 32.2. The van der Waals surface area contributed by atoms with Crippen molar-refractivity contribution in [3.8, 4) is 17.6 Å². The van der Waals surface area contributed by atoms with E-state index in [1.54, 1.807) is 0 Å². The lowest BCUT2D eigenvalue weighted by Crippen LogP contribution is -2.51. The van der Waals surface area contributed by atoms with E-state index >= 15 is 0 Å². The maximum Gasteiger partial charge on any atom is 0.298 e. The van der Waals surface area contributed by atoms with Gasteiger partial charge in [-0.15, -0.1) is 0 Å². The topological polar surface area (TPSA) is 111 Å². The van der Waals surface area contributed by atoms with Gasteiger partial charge in [-0.1, -0.05) is 12.0 Å². The largest absolute Gasteiger partial charge is 0.483 e. The van der Waals surface area contributed by atoms with Crippen molar-refractivity contribution in [3.63, 3.8) is 0 Å². The summed E-state index contributed by atoms with van der Waals surface area (Å²) in [5.41, 5.74) is 4.04. The van der Waals surface area contributed by atoms with Crippen molar-refractivity contribution in [2.24, 2.45) is 0 Å². The van der Waals surface area contributed by atoms with E-state index in [-0.39, 0.29) is 23.5 Å². The first-order valence-corrected chi connectivity index (χ1v) is 16.4. The molecule has 2 aromatic rings. The minimum absolute atomic E-state index is 0.0735. The van der Waals surface area contributed by atoms with Gasteiger partial charge in [0, 0.05) is 51.2 Å². The van der Waals surface area contributed by atoms with Crippen LogP contribution in [0.5, 0.6) is 5.75 Å². The summed E-state index contributed by atoms with van der Waals surface area (Å²) in [4.78, 5) is 29.9. The fourth-order valence-corrected chi connectivity index (χ4v) is 7.49. The van der Waals surface area contributed by atoms with Crippen LogP contribution in [0.3, 0.4) is 0 Å². The zero-order chi connectivity index (χ0) is 29.6. The number of anilines is 3. The number of sulfone groups is 1. The van der Waals surface area contributed by atoms with E-state index in [4.69, 9.17) is 4.74 Å². The van der Waals surface area contributed by atoms with E-state index in [2.05, 4.69) is 51.1 Å². The van der Waals surface area contributed by atoms with Crippen molar-refractivity contribution in [3.05, 3.63) is 35.2 Å². The molecule has 224 valence electrons. The van der Waals surface area contributed by atoms with Crippen LogP contribution in [0.15, 0.2) is 18.5 Å². The van der Waals surface area contributed by atoms with Gasteiger partial charge in [0.15, 0.2) is 9.84 Å². The maximum atomic E-state index is 12.5. The lowest BCUT2D eigenvalue weighted by Gasteiger charge is -2.43. The first-order valence-electron chi connectivity index (χ1n) is 14.6. The van der Waals surface area contributed by atoms with Crippen molar-refractivity contribution >= 4 is 33.1 Å². The predicted octanol–water partition coefficient (Wildman–Crippen LogP) is 1.78. The molecule has 1 aromatic heterocycles. The average Bonchev–Trinajstić information content (AvgIpc) is 3.33. The van der Waals surface area contributed by atoms with Crippen LogP contribution in [0.25, 0.3) is 0 Å². The van der Waals surface area contributed by atoms with Gasteiger partial charge < -0.3 is 19.9 Å². The van der Waals surface area contributed by atoms with Gasteiger partial charge in [-0.2, -0.15) is 0 Å². The van der Waals surface area contributed by atoms with Gasteiger partial charge in [-0.25, -0.2) is 18.4 Å². The van der Waals surface area contributed by atoms with Gasteiger partial charge in [-0.3, -0.25) is 14.6 Å². The highest BCUT2D eigenvalue weighted by Crippen LogP contribution is 2.45. The van der Waals surface area contributed by atoms with Crippen molar-refractivity contribution in [2.75, 3.05) is 81.6 Å². The molecule has 0 aliphatic carbocycles. The third kappa shape index (κ3) is 5.78. The van der Waals surface area contributed by atoms with Crippen molar-refractivity contribution in [1.82, 2.24) is 24.7 Å². The highest BCUT2D eigenvalue weighted by Gasteiger charge is 2.38. The molecule has 4 aliphatic heterocycles. The van der Waals surface area contributed by atoms with E-state index in [0.717, 1.165) is 61.0 Å². The van der Waals surface area contributed by atoms with Crippen molar-refractivity contribution in [2.45, 2.75) is 38.3 Å². The van der Waals surface area contributed by atoms with Crippen molar-refractivity contribution < 1.29 is 17.9 Å². The van der Waals surface area contributed by atoms with Crippen LogP contribution in [0.1, 0.15) is 42.1 Å². The molecule has 1 aromatic carbocycles. The van der Waals surface area contributed by atoms with Gasteiger partial charge in [0.05, 0.1) is 29.3 Å². The summed E-state index contributed by atoms with van der Waals surface area (Å²) in [5.74, 6) is 8.52. The lowest BCUT2D eigenvalue weighted by atomic mass is 9.88. The molecule has 0 spiro atoms. The number of likely N-dealkylation sites (tertiary alicyclic amines) is 2. The highest BCUT2D eigenvalue weighted by molar-refractivity contribution is 7.91. The first kappa shape index (κ1) is 28.7. The third-order valence-electron chi connectivity index (χ3n) is 8.70. The predicted molar refractivity (Wildman–Crippen MR) is 162 cm³/mol. The third-order valence-corrected chi connectivity index (χ3v) is 10.3. The Balaban J connectivity index is 1.14. The second kappa shape index (κ2) is 11.4. The second-order valence-electron chi connectivity index (χ2n) is 12.1. The Kier molecular flexibility index (Phi) is 7.76. The summed E-state index contributed by atoms with van der Waals surface area (Å²) in [6.07, 6.45) is 2.20. The number of hydrogen-bond donors (Lipinski definition) is 1. The SMILES string of the molecule is Cc1cc(C2CN(C3CCN(C(=O)C#CCN(C)C)C3)C2)cc2c1O[C@H](C)c1c(ncnc1N1CCS(=O)(=O)CC1)N2. The molecule has 12 heteroatoms. The Morgan fingerprint density at radius 3 is 2.64 bits per heavy atom. The molecule has 1 N–H and O–H groups in total. The number of benzene rings is 1. The van der Waals surface area contributed by atoms with Gasteiger partial charge in [0.2, 0.25) is 0 Å². The number of aromatic nitrogens is 2. The van der Waals surface area contributed by atoms with Gasteiger partial charge in [0.25, 0.3) is 5.91 Å². The van der Waals surface area contributed by atoms with Crippen LogP contribution in [0.4, 0.5) is 17.3 Å². The summed E-state index contributed by atoms with van der Waals surface area (Å²) in [6, 6.07) is 4.77. The molecule has 2 atom stereocenters. The number of aryl methyl sites for hydroxylation is 1. The minimum atomic E-state index is -3.01. The van der Waals surface area contributed by atoms with Crippen LogP contribution in [0.2, 0.25) is 0 Å². The van der Waals surface area contributed by atoms with E-state index in [0.29, 0.717) is 37.4 Å². The summed E-state index contributed by atoms with van der Waals surface area (Å²) in [7, 11) is 0.877. The molecule has 1 amide bonds. The van der Waals surface area contributed by atoms with E-state index in [1.807, 2.05) is 35.7 Å². The molecule has 1 unspecified atom stereocenters. The zero-order valence-corrected chi connectivity index (χ0v) is 25.6. The fraction of sp³-hybridized carbons (Fsp3) is 0.567. The molecule has 5 heterocycles. The molecule has 0 saturated carbocycles. The lowest BCUT2D eigenvalue weighted by molar-refractivity contribution is -0.124. The smallest absolute Gasteiger partial charge is 0.298 e. The Bertz CT molecular complexity index is 1530. The minimum Gasteiger partial charge on any atom is -0.483 e. The molecule has 3 fully saturated rings. The van der Waals surface area contributed by atoms with E-state index in [1.165, 1.54) is 11.9 Å². The molecule has 0 radical (unpaired) electrons. The number of nitrogens with one attached hydrogen (secondary N) is 1. The van der Waals surface area contributed by atoms with Crippen LogP contribution in [0, 0.1) is 18.8 Å². The second-order valence-corrected chi connectivity index (χ2v) is 14.4. The standard InChI is InChI=1S/C30H39N7O4S/c1-20-14-22(23-16-37(17-23)24-7-9-36(18-24)26(38)6-5-8-34(3)4)15-25-28(20)41-21(2)27-29(33-25)31-19-32-30(27)35-10-12-42(39,40)13-11-35/h14-15,19,21,23-24H,7-13,16-18H2,1-4H3,(H,31,32,33)/t21-,24?/m1/s1. The van der Waals surface area contributed by atoms with Crippen LogP contribution < -0.4 is 15.0 Å². The first-order chi connectivity index (χ1) is 20.1. The summed E-state index contributed by atoms with van der Waals surface area (Å²) in [5, 5.41) is 3.53. The van der Waals surface area contributed by atoms with Crippen LogP contribution >= 0.6 is 0 Å². The number of amides is 1. The molecule has 0 bridgehead atoms. The average molecular weight is 594 g/mol.